The summed E-state index contributed by atoms with van der Waals surface area (Å²) in [6, 6.07) is 0. The second-order valence-electron chi connectivity index (χ2n) is 0.136. The Morgan fingerprint density at radius 3 is 0.714 bits per heavy atom. The van der Waals surface area contributed by atoms with Crippen LogP contribution in [-0.4, -0.2) is 16.8 Å². The highest BCUT2D eigenvalue weighted by molar-refractivity contribution is 7.51. The Morgan fingerprint density at radius 2 is 0.714 bits per heavy atom. The van der Waals surface area contributed by atoms with Gasteiger partial charge in [0.2, 0.25) is 0 Å². The first kappa shape index (κ1) is 15.8. The van der Waals surface area contributed by atoms with Crippen LogP contribution in [0.4, 0.5) is 0 Å². The first-order valence-electron chi connectivity index (χ1n) is 0.667. The van der Waals surface area contributed by atoms with Crippen molar-refractivity contribution >= 4 is 35.5 Å². The fourth-order valence-electron chi connectivity index (χ4n) is 0. The van der Waals surface area contributed by atoms with Crippen LogP contribution >= 0.6 is 12.4 Å². The van der Waals surface area contributed by atoms with Crippen LogP contribution in [0.15, 0.2) is 0 Å². The van der Waals surface area contributed by atoms with Gasteiger partial charge in [-0.1, -0.05) is 0 Å². The molecule has 0 unspecified atom stereocenters. The largest absolute Gasteiger partial charge is 0.335 e. The molecule has 0 bridgehead atoms. The molecule has 0 fully saturated rings. The third kappa shape index (κ3) is 18700. The van der Waals surface area contributed by atoms with Gasteiger partial charge >= 0.3 is 23.1 Å². The Labute approximate surface area is 52.9 Å². The lowest BCUT2D eigenvalue weighted by Gasteiger charge is -0.947. The van der Waals surface area contributed by atoms with E-state index in [1.165, 1.54) is 0 Å². The molecular formula is HClO4S2. The van der Waals surface area contributed by atoms with Gasteiger partial charge in [-0.25, -0.2) is 0 Å². The summed E-state index contributed by atoms with van der Waals surface area (Å²) in [4.78, 5) is 0. The average Bonchev–Trinajstić information content (AvgIpc) is 1.39. The van der Waals surface area contributed by atoms with Crippen LogP contribution in [-0.2, 0) is 23.1 Å². The van der Waals surface area contributed by atoms with Crippen LogP contribution in [0.2, 0.25) is 0 Å². The Bertz CT molecular complexity index is 63.7. The van der Waals surface area contributed by atoms with Crippen molar-refractivity contribution in [2.45, 2.75) is 0 Å². The van der Waals surface area contributed by atoms with Crippen LogP contribution < -0.4 is 0 Å². The van der Waals surface area contributed by atoms with E-state index in [0.717, 1.165) is 0 Å². The van der Waals surface area contributed by atoms with Gasteiger partial charge in [0.1, 0.15) is 0 Å². The molecule has 0 N–H and O–H groups in total. The molecule has 0 saturated carbocycles. The topological polar surface area (TPSA) is 68.3 Å². The van der Waals surface area contributed by atoms with Crippen molar-refractivity contribution in [3.05, 3.63) is 0 Å². The lowest BCUT2D eigenvalue weighted by Crippen LogP contribution is -1.18. The summed E-state index contributed by atoms with van der Waals surface area (Å²) in [5.41, 5.74) is 0. The molecule has 44 valence electrons. The molecule has 4 nitrogen and oxygen atoms in total. The van der Waals surface area contributed by atoms with Gasteiger partial charge in [-0.15, -0.1) is 12.4 Å². The van der Waals surface area contributed by atoms with Gasteiger partial charge in [0.25, 0.3) is 0 Å². The van der Waals surface area contributed by atoms with Crippen molar-refractivity contribution in [1.29, 1.82) is 0 Å². The third-order valence-corrected chi connectivity index (χ3v) is 0. The van der Waals surface area contributed by atoms with E-state index in [4.69, 9.17) is 16.8 Å². The highest BCUT2D eigenvalue weighted by Gasteiger charge is 1.12. The maximum absolute atomic E-state index is 8.29. The smallest absolute Gasteiger partial charge is 0.168 e. The molecule has 0 saturated heterocycles. The fourth-order valence-corrected chi connectivity index (χ4v) is 0. The predicted octanol–water partition coefficient (Wildman–Crippen LogP) is -0.919. The van der Waals surface area contributed by atoms with Crippen molar-refractivity contribution in [2.75, 3.05) is 0 Å². The molecule has 0 radical (unpaired) electrons. The lowest BCUT2D eigenvalue weighted by molar-refractivity contribution is 0.628. The summed E-state index contributed by atoms with van der Waals surface area (Å²) in [5.74, 6) is 0. The van der Waals surface area contributed by atoms with Crippen molar-refractivity contribution in [1.82, 2.24) is 0 Å². The summed E-state index contributed by atoms with van der Waals surface area (Å²) in [6.07, 6.45) is 0. The van der Waals surface area contributed by atoms with E-state index in [9.17, 15) is 0 Å². The van der Waals surface area contributed by atoms with Crippen molar-refractivity contribution in [3.8, 4) is 0 Å². The molecule has 0 heterocycles. The van der Waals surface area contributed by atoms with E-state index >= 15 is 0 Å². The van der Waals surface area contributed by atoms with Crippen molar-refractivity contribution < 1.29 is 16.8 Å². The van der Waals surface area contributed by atoms with Gasteiger partial charge in [0.15, 0.2) is 0 Å². The molecule has 0 spiro atoms. The van der Waals surface area contributed by atoms with E-state index in [-0.39, 0.29) is 12.4 Å². The molecule has 0 aliphatic carbocycles. The number of halogens is 1. The Morgan fingerprint density at radius 1 is 0.714 bits per heavy atom. The molecule has 0 rings (SSSR count). The molecule has 7 heavy (non-hydrogen) atoms. The van der Waals surface area contributed by atoms with Gasteiger partial charge < -0.3 is 0 Å². The average molecular weight is 165 g/mol. The first-order valence-corrected chi connectivity index (χ1v) is 2.00. The third-order valence-electron chi connectivity index (χ3n) is 0. The van der Waals surface area contributed by atoms with Gasteiger partial charge in [-0.2, -0.15) is 16.8 Å². The zero-order chi connectivity index (χ0) is 5.41. The fraction of sp³-hybridized carbons (Fsp3) is 0. The molecule has 0 amide bonds. The van der Waals surface area contributed by atoms with Crippen LogP contribution in [0.25, 0.3) is 0 Å². The second kappa shape index (κ2) is 38.7. The van der Waals surface area contributed by atoms with E-state index in [1.807, 2.05) is 0 Å². The van der Waals surface area contributed by atoms with Gasteiger partial charge in [-0.05, 0) is 0 Å². The van der Waals surface area contributed by atoms with E-state index < -0.39 is 23.1 Å². The van der Waals surface area contributed by atoms with Gasteiger partial charge in [0, 0.05) is 0 Å². The molecule has 0 aliphatic rings. The lowest BCUT2D eigenvalue weighted by atomic mass is 15.9. The molecule has 0 aromatic carbocycles. The maximum Gasteiger partial charge on any atom is 0.335 e. The Balaban J connectivity index is -0.0000000400. The molecular weight excluding hydrogens is 164 g/mol. The highest BCUT2D eigenvalue weighted by Crippen LogP contribution is 0.849. The molecule has 0 aromatic heterocycles. The monoisotopic (exact) mass is 164 g/mol. The number of hydrogen-bond acceptors (Lipinski definition) is 4. The zero-order valence-corrected chi connectivity index (χ0v) is 5.31. The van der Waals surface area contributed by atoms with Crippen molar-refractivity contribution in [2.24, 2.45) is 0 Å². The van der Waals surface area contributed by atoms with Crippen LogP contribution in [0, 0.1) is 0 Å². The van der Waals surface area contributed by atoms with Crippen LogP contribution in [0.1, 0.15) is 0 Å². The van der Waals surface area contributed by atoms with Gasteiger partial charge in [-0.3, -0.25) is 0 Å². The number of hydrogen-bond donors (Lipinski definition) is 0. The summed E-state index contributed by atoms with van der Waals surface area (Å²) in [6.45, 7) is 0. The highest BCUT2D eigenvalue weighted by atomic mass is 35.5. The van der Waals surface area contributed by atoms with E-state index in [1.54, 1.807) is 0 Å². The minimum absolute atomic E-state index is 0. The zero-order valence-electron chi connectivity index (χ0n) is 2.86. The normalized spacial score (nSPS) is 3.43. The van der Waals surface area contributed by atoms with E-state index in [0.29, 0.717) is 0 Å². The molecule has 0 aromatic rings. The van der Waals surface area contributed by atoms with Gasteiger partial charge in [0.05, 0.1) is 0 Å². The quantitative estimate of drug-likeness (QED) is 0.465. The Kier molecular flexibility index (Phi) is 87.2. The molecule has 0 aliphatic heterocycles. The summed E-state index contributed by atoms with van der Waals surface area (Å²) < 4.78 is 33.2. The predicted molar refractivity (Wildman–Crippen MR) is 25.1 cm³/mol. The second-order valence-corrected chi connectivity index (χ2v) is 0.408. The maximum atomic E-state index is 8.29. The van der Waals surface area contributed by atoms with E-state index in [2.05, 4.69) is 0 Å². The van der Waals surface area contributed by atoms with Crippen LogP contribution in [0.3, 0.4) is 0 Å². The summed E-state index contributed by atoms with van der Waals surface area (Å²) in [5, 5.41) is 0. The van der Waals surface area contributed by atoms with Crippen molar-refractivity contribution in [3.63, 3.8) is 0 Å². The minimum atomic E-state index is -0.750. The molecule has 0 atom stereocenters. The standard InChI is InChI=1S/ClH.2O2S/c;2*1-3-2/h1H;;. The molecule has 7 heteroatoms. The SMILES string of the molecule is Cl.O=S=O.O=S=O. The van der Waals surface area contributed by atoms with Crippen LogP contribution in [0.5, 0.6) is 0 Å². The first-order chi connectivity index (χ1) is 2.83. The summed E-state index contributed by atoms with van der Waals surface area (Å²) in [7, 11) is 0. The summed E-state index contributed by atoms with van der Waals surface area (Å²) >= 11 is -1.50. The Hall–Kier alpha value is -0.0700. The number of rotatable bonds is 0. The minimum Gasteiger partial charge on any atom is -0.168 e.